The number of rotatable bonds is 4. The lowest BCUT2D eigenvalue weighted by Crippen LogP contribution is -2.21. The van der Waals surface area contributed by atoms with Gasteiger partial charge in [0.25, 0.3) is 0 Å². The van der Waals surface area contributed by atoms with Gasteiger partial charge in [-0.25, -0.2) is 9.50 Å². The second-order valence-electron chi connectivity index (χ2n) is 4.21. The molecule has 0 spiro atoms. The number of hydrogen-bond acceptors (Lipinski definition) is 4. The zero-order valence-electron chi connectivity index (χ0n) is 10.8. The first-order chi connectivity index (χ1) is 8.56. The second-order valence-corrected chi connectivity index (χ2v) is 5.12. The summed E-state index contributed by atoms with van der Waals surface area (Å²) in [5.74, 6) is 0.683. The van der Waals surface area contributed by atoms with E-state index in [2.05, 4.69) is 26.0 Å². The topological polar surface area (TPSA) is 48.7 Å². The summed E-state index contributed by atoms with van der Waals surface area (Å²) in [6, 6.07) is 2.02. The zero-order chi connectivity index (χ0) is 13.3. The number of pyridine rings is 1. The van der Waals surface area contributed by atoms with Crippen molar-refractivity contribution in [1.29, 1.82) is 0 Å². The first-order valence-corrected chi connectivity index (χ1v) is 6.44. The molecule has 2 aromatic rings. The summed E-state index contributed by atoms with van der Waals surface area (Å²) < 4.78 is 13.2. The standard InChI is InChI=1S/C12H16BrN3O2/c1-7-5-9(13)6-16-11(7)14-10(15-16)8(2)12(17-3)18-4/h5-6,8,12H,1-4H3. The molecule has 1 unspecified atom stereocenters. The molecule has 5 nitrogen and oxygen atoms in total. The second kappa shape index (κ2) is 5.34. The molecule has 0 saturated carbocycles. The van der Waals surface area contributed by atoms with Gasteiger partial charge in [0.05, 0.1) is 5.92 Å². The van der Waals surface area contributed by atoms with Gasteiger partial charge in [0, 0.05) is 24.9 Å². The van der Waals surface area contributed by atoms with Gasteiger partial charge < -0.3 is 9.47 Å². The molecule has 0 saturated heterocycles. The number of nitrogens with zero attached hydrogens (tertiary/aromatic N) is 3. The van der Waals surface area contributed by atoms with Crippen LogP contribution in [0.15, 0.2) is 16.7 Å². The first-order valence-electron chi connectivity index (χ1n) is 5.64. The van der Waals surface area contributed by atoms with E-state index >= 15 is 0 Å². The Morgan fingerprint density at radius 2 is 2.00 bits per heavy atom. The molecule has 0 aliphatic heterocycles. The van der Waals surface area contributed by atoms with Gasteiger partial charge >= 0.3 is 0 Å². The number of fused-ring (bicyclic) bond motifs is 1. The quantitative estimate of drug-likeness (QED) is 0.814. The largest absolute Gasteiger partial charge is 0.355 e. The lowest BCUT2D eigenvalue weighted by Gasteiger charge is -2.17. The molecule has 0 fully saturated rings. The molecule has 6 heteroatoms. The van der Waals surface area contributed by atoms with Crippen LogP contribution < -0.4 is 0 Å². The maximum Gasteiger partial charge on any atom is 0.166 e. The van der Waals surface area contributed by atoms with Gasteiger partial charge in [0.2, 0.25) is 0 Å². The molecule has 0 aliphatic rings. The highest BCUT2D eigenvalue weighted by molar-refractivity contribution is 9.10. The molecule has 0 aromatic carbocycles. The Morgan fingerprint density at radius 3 is 2.61 bits per heavy atom. The van der Waals surface area contributed by atoms with Crippen LogP contribution in [0, 0.1) is 6.92 Å². The number of ether oxygens (including phenoxy) is 2. The van der Waals surface area contributed by atoms with E-state index in [0.717, 1.165) is 15.7 Å². The summed E-state index contributed by atoms with van der Waals surface area (Å²) in [4.78, 5) is 4.54. The van der Waals surface area contributed by atoms with Gasteiger partial charge in [0.15, 0.2) is 17.8 Å². The first kappa shape index (κ1) is 13.5. The zero-order valence-corrected chi connectivity index (χ0v) is 12.4. The Labute approximate surface area is 114 Å². The highest BCUT2D eigenvalue weighted by Gasteiger charge is 2.22. The van der Waals surface area contributed by atoms with Crippen molar-refractivity contribution in [2.75, 3.05) is 14.2 Å². The minimum Gasteiger partial charge on any atom is -0.355 e. The Hall–Kier alpha value is -0.980. The van der Waals surface area contributed by atoms with E-state index in [9.17, 15) is 0 Å². The van der Waals surface area contributed by atoms with E-state index in [4.69, 9.17) is 9.47 Å². The van der Waals surface area contributed by atoms with Crippen molar-refractivity contribution in [3.8, 4) is 0 Å². The summed E-state index contributed by atoms with van der Waals surface area (Å²) >= 11 is 3.45. The van der Waals surface area contributed by atoms with Crippen molar-refractivity contribution in [3.05, 3.63) is 28.1 Å². The molecular formula is C12H16BrN3O2. The highest BCUT2D eigenvalue weighted by Crippen LogP contribution is 2.22. The van der Waals surface area contributed by atoms with Crippen LogP contribution in [0.25, 0.3) is 5.65 Å². The summed E-state index contributed by atoms with van der Waals surface area (Å²) in [6.45, 7) is 3.99. The maximum atomic E-state index is 5.24. The Balaban J connectivity index is 2.44. The fraction of sp³-hybridized carbons (Fsp3) is 0.500. The number of aromatic nitrogens is 3. The van der Waals surface area contributed by atoms with Gasteiger partial charge in [-0.1, -0.05) is 6.92 Å². The molecule has 0 bridgehead atoms. The number of hydrogen-bond donors (Lipinski definition) is 0. The lowest BCUT2D eigenvalue weighted by atomic mass is 10.1. The van der Waals surface area contributed by atoms with Crippen LogP contribution >= 0.6 is 15.9 Å². The lowest BCUT2D eigenvalue weighted by molar-refractivity contribution is -0.116. The maximum absolute atomic E-state index is 5.24. The van der Waals surface area contributed by atoms with Crippen molar-refractivity contribution >= 4 is 21.6 Å². The van der Waals surface area contributed by atoms with Gasteiger partial charge in [-0.3, -0.25) is 0 Å². The average molecular weight is 314 g/mol. The van der Waals surface area contributed by atoms with Crippen molar-refractivity contribution in [1.82, 2.24) is 14.6 Å². The minimum absolute atomic E-state index is 0.0296. The third kappa shape index (κ3) is 2.41. The molecular weight excluding hydrogens is 298 g/mol. The van der Waals surface area contributed by atoms with Crippen molar-refractivity contribution in [3.63, 3.8) is 0 Å². The molecule has 0 aliphatic carbocycles. The smallest absolute Gasteiger partial charge is 0.166 e. The molecule has 0 N–H and O–H groups in total. The third-order valence-corrected chi connectivity index (χ3v) is 3.31. The Bertz CT molecular complexity index is 551. The molecule has 18 heavy (non-hydrogen) atoms. The van der Waals surface area contributed by atoms with Crippen molar-refractivity contribution in [2.45, 2.75) is 26.1 Å². The van der Waals surface area contributed by atoms with Crippen molar-refractivity contribution < 1.29 is 9.47 Å². The normalized spacial score (nSPS) is 13.4. The van der Waals surface area contributed by atoms with E-state index in [-0.39, 0.29) is 12.2 Å². The van der Waals surface area contributed by atoms with Crippen LogP contribution in [0.2, 0.25) is 0 Å². The fourth-order valence-electron chi connectivity index (χ4n) is 1.94. The Morgan fingerprint density at radius 1 is 1.33 bits per heavy atom. The third-order valence-electron chi connectivity index (χ3n) is 2.88. The van der Waals surface area contributed by atoms with Crippen LogP contribution in [0.5, 0.6) is 0 Å². The number of methoxy groups -OCH3 is 2. The fourth-order valence-corrected chi connectivity index (χ4v) is 2.48. The molecule has 1 atom stereocenters. The number of aryl methyl sites for hydroxylation is 1. The monoisotopic (exact) mass is 313 g/mol. The van der Waals surface area contributed by atoms with Crippen LogP contribution in [0.1, 0.15) is 24.2 Å². The number of halogens is 1. The van der Waals surface area contributed by atoms with E-state index < -0.39 is 0 Å². The van der Waals surface area contributed by atoms with Crippen molar-refractivity contribution in [2.24, 2.45) is 0 Å². The van der Waals surface area contributed by atoms with Crippen LogP contribution in [0.4, 0.5) is 0 Å². The summed E-state index contributed by atoms with van der Waals surface area (Å²) in [5.41, 5.74) is 1.92. The highest BCUT2D eigenvalue weighted by atomic mass is 79.9. The van der Waals surface area contributed by atoms with E-state index in [1.807, 2.05) is 26.1 Å². The molecule has 2 heterocycles. The summed E-state index contributed by atoms with van der Waals surface area (Å²) in [5, 5.41) is 4.47. The van der Waals surface area contributed by atoms with Gasteiger partial charge in [-0.05, 0) is 34.5 Å². The summed E-state index contributed by atoms with van der Waals surface area (Å²) in [7, 11) is 3.23. The van der Waals surface area contributed by atoms with E-state index in [1.54, 1.807) is 18.7 Å². The predicted molar refractivity (Wildman–Crippen MR) is 71.6 cm³/mol. The van der Waals surface area contributed by atoms with Gasteiger partial charge in [0.1, 0.15) is 0 Å². The summed E-state index contributed by atoms with van der Waals surface area (Å²) in [6.07, 6.45) is 1.55. The minimum atomic E-state index is -0.342. The van der Waals surface area contributed by atoms with Crippen LogP contribution in [-0.4, -0.2) is 35.1 Å². The van der Waals surface area contributed by atoms with Gasteiger partial charge in [-0.15, -0.1) is 0 Å². The Kier molecular flexibility index (Phi) is 3.99. The SMILES string of the molecule is COC(OC)C(C)c1nc2c(C)cc(Br)cn2n1. The average Bonchev–Trinajstić information content (AvgIpc) is 2.74. The molecule has 98 valence electrons. The van der Waals surface area contributed by atoms with Gasteiger partial charge in [-0.2, -0.15) is 5.10 Å². The van der Waals surface area contributed by atoms with E-state index in [1.165, 1.54) is 0 Å². The van der Waals surface area contributed by atoms with Crippen LogP contribution in [0.3, 0.4) is 0 Å². The van der Waals surface area contributed by atoms with Crippen LogP contribution in [-0.2, 0) is 9.47 Å². The van der Waals surface area contributed by atoms with E-state index in [0.29, 0.717) is 5.82 Å². The molecule has 0 radical (unpaired) electrons. The molecule has 0 amide bonds. The predicted octanol–water partition coefficient (Wildman–Crippen LogP) is 2.52. The molecule has 2 aromatic heterocycles. The molecule has 2 rings (SSSR count).